The van der Waals surface area contributed by atoms with E-state index in [1.807, 2.05) is 12.1 Å². The van der Waals surface area contributed by atoms with Crippen LogP contribution in [0.1, 0.15) is 37.0 Å². The number of rotatable bonds is 9. The Labute approximate surface area is 187 Å². The maximum atomic E-state index is 7.18. The second-order valence-electron chi connectivity index (χ2n) is 9.67. The Balaban J connectivity index is 1.81. The van der Waals surface area contributed by atoms with E-state index in [1.165, 1.54) is 18.5 Å². The summed E-state index contributed by atoms with van der Waals surface area (Å²) in [4.78, 5) is 7.62. The standard InChI is InChI=1S/C26H35N4O/c1-20(2)19-31-26-12-21(6-7-22-11-25(27-3)16-29-14-22)10-24(13-26)18-30(4,5)17-23-8-9-28-15-23/h6-7,10-14,16,20,23,28H,8-9,15,17-19H2,1-2,4-5H3/q+1/b7-6+. The van der Waals surface area contributed by atoms with Gasteiger partial charge in [-0.3, -0.25) is 4.98 Å². The largest absolute Gasteiger partial charge is 0.493 e. The molecule has 3 rings (SSSR count). The molecule has 5 nitrogen and oxygen atoms in total. The molecule has 1 unspecified atom stereocenters. The summed E-state index contributed by atoms with van der Waals surface area (Å²) >= 11 is 0. The molecule has 1 N–H and O–H groups in total. The molecule has 1 aromatic carbocycles. The van der Waals surface area contributed by atoms with Gasteiger partial charge in [-0.25, -0.2) is 4.85 Å². The van der Waals surface area contributed by atoms with Crippen molar-refractivity contribution in [3.8, 4) is 5.75 Å². The maximum Gasteiger partial charge on any atom is 0.205 e. The number of pyridine rings is 1. The highest BCUT2D eigenvalue weighted by Gasteiger charge is 2.25. The first-order valence-electron chi connectivity index (χ1n) is 11.1. The number of nitrogens with one attached hydrogen (secondary N) is 1. The molecule has 31 heavy (non-hydrogen) atoms. The monoisotopic (exact) mass is 419 g/mol. The fourth-order valence-electron chi connectivity index (χ4n) is 4.14. The Morgan fingerprint density at radius 3 is 2.71 bits per heavy atom. The van der Waals surface area contributed by atoms with Gasteiger partial charge in [-0.1, -0.05) is 26.0 Å². The molecule has 0 spiro atoms. The van der Waals surface area contributed by atoms with Gasteiger partial charge < -0.3 is 14.5 Å². The molecular weight excluding hydrogens is 384 g/mol. The van der Waals surface area contributed by atoms with Gasteiger partial charge in [0.25, 0.3) is 0 Å². The Kier molecular flexibility index (Phi) is 7.84. The van der Waals surface area contributed by atoms with Crippen LogP contribution in [-0.2, 0) is 6.54 Å². The van der Waals surface area contributed by atoms with E-state index in [0.717, 1.165) is 46.9 Å². The lowest BCUT2D eigenvalue weighted by Crippen LogP contribution is -2.43. The van der Waals surface area contributed by atoms with Crippen LogP contribution in [0.25, 0.3) is 17.0 Å². The van der Waals surface area contributed by atoms with E-state index < -0.39 is 0 Å². The summed E-state index contributed by atoms with van der Waals surface area (Å²) in [6, 6.07) is 8.38. The average molecular weight is 420 g/mol. The third kappa shape index (κ3) is 7.50. The van der Waals surface area contributed by atoms with Gasteiger partial charge >= 0.3 is 0 Å². The zero-order chi connectivity index (χ0) is 22.3. The minimum atomic E-state index is 0.479. The summed E-state index contributed by atoms with van der Waals surface area (Å²) in [5.41, 5.74) is 3.86. The molecule has 5 heteroatoms. The summed E-state index contributed by atoms with van der Waals surface area (Å²) in [5.74, 6) is 2.14. The van der Waals surface area contributed by atoms with Crippen molar-refractivity contribution in [3.05, 3.63) is 64.8 Å². The molecule has 2 heterocycles. The molecule has 1 aromatic heterocycles. The summed E-state index contributed by atoms with van der Waals surface area (Å²) < 4.78 is 7.04. The zero-order valence-electron chi connectivity index (χ0n) is 19.3. The van der Waals surface area contributed by atoms with E-state index >= 15 is 0 Å². The first-order valence-corrected chi connectivity index (χ1v) is 11.1. The molecule has 0 saturated carbocycles. The van der Waals surface area contributed by atoms with Gasteiger partial charge in [0.15, 0.2) is 0 Å². The molecule has 1 saturated heterocycles. The second-order valence-corrected chi connectivity index (χ2v) is 9.67. The smallest absolute Gasteiger partial charge is 0.205 e. The van der Waals surface area contributed by atoms with E-state index in [9.17, 15) is 0 Å². The van der Waals surface area contributed by atoms with Crippen molar-refractivity contribution in [1.29, 1.82) is 0 Å². The molecule has 2 aromatic rings. The van der Waals surface area contributed by atoms with Crippen LogP contribution in [0.2, 0.25) is 0 Å². The first kappa shape index (κ1) is 23.0. The van der Waals surface area contributed by atoms with Crippen LogP contribution in [0.3, 0.4) is 0 Å². The third-order valence-electron chi connectivity index (χ3n) is 5.44. The topological polar surface area (TPSA) is 38.5 Å². The Morgan fingerprint density at radius 2 is 2.00 bits per heavy atom. The summed E-state index contributed by atoms with van der Waals surface area (Å²) in [7, 11) is 4.63. The Morgan fingerprint density at radius 1 is 1.19 bits per heavy atom. The zero-order valence-corrected chi connectivity index (χ0v) is 19.3. The third-order valence-corrected chi connectivity index (χ3v) is 5.44. The highest BCUT2D eigenvalue weighted by atomic mass is 16.5. The van der Waals surface area contributed by atoms with E-state index in [4.69, 9.17) is 11.3 Å². The normalized spacial score (nSPS) is 16.7. The minimum absolute atomic E-state index is 0.479. The van der Waals surface area contributed by atoms with Crippen LogP contribution >= 0.6 is 0 Å². The molecule has 0 amide bonds. The number of ether oxygens (including phenoxy) is 1. The van der Waals surface area contributed by atoms with Gasteiger partial charge in [0.2, 0.25) is 5.69 Å². The SMILES string of the molecule is [C-]#[N+]c1cncc(/C=C/c2cc(C[N+](C)(C)CC3CCNC3)cc(OCC(C)C)c2)c1. The lowest BCUT2D eigenvalue weighted by molar-refractivity contribution is -0.906. The van der Waals surface area contributed by atoms with Crippen LogP contribution in [-0.4, -0.2) is 49.8 Å². The van der Waals surface area contributed by atoms with E-state index in [2.05, 4.69) is 67.4 Å². The molecule has 1 aliphatic rings. The fourth-order valence-corrected chi connectivity index (χ4v) is 4.14. The van der Waals surface area contributed by atoms with Crippen molar-refractivity contribution >= 4 is 17.8 Å². The predicted octanol–water partition coefficient (Wildman–Crippen LogP) is 5.02. The second kappa shape index (κ2) is 10.6. The summed E-state index contributed by atoms with van der Waals surface area (Å²) in [5, 5.41) is 3.48. The molecule has 1 atom stereocenters. The highest BCUT2D eigenvalue weighted by molar-refractivity contribution is 5.71. The van der Waals surface area contributed by atoms with Gasteiger partial charge in [0.1, 0.15) is 12.3 Å². The van der Waals surface area contributed by atoms with Crippen molar-refractivity contribution in [2.75, 3.05) is 40.3 Å². The molecule has 164 valence electrons. The van der Waals surface area contributed by atoms with Crippen molar-refractivity contribution in [2.24, 2.45) is 11.8 Å². The van der Waals surface area contributed by atoms with E-state index in [-0.39, 0.29) is 0 Å². The summed E-state index contributed by atoms with van der Waals surface area (Å²) in [6.07, 6.45) is 8.73. The quantitative estimate of drug-likeness (QED) is 0.458. The van der Waals surface area contributed by atoms with Crippen molar-refractivity contribution in [1.82, 2.24) is 10.3 Å². The first-order chi connectivity index (χ1) is 14.8. The molecule has 1 fully saturated rings. The minimum Gasteiger partial charge on any atom is -0.493 e. The highest BCUT2D eigenvalue weighted by Crippen LogP contribution is 2.24. The van der Waals surface area contributed by atoms with Crippen molar-refractivity contribution in [3.63, 3.8) is 0 Å². The Hall–Kier alpha value is -2.68. The average Bonchev–Trinajstić information content (AvgIpc) is 3.22. The number of nitrogens with zero attached hydrogens (tertiary/aromatic N) is 3. The van der Waals surface area contributed by atoms with Crippen LogP contribution in [0.5, 0.6) is 5.75 Å². The van der Waals surface area contributed by atoms with E-state index in [0.29, 0.717) is 18.2 Å². The lowest BCUT2D eigenvalue weighted by Gasteiger charge is -2.32. The van der Waals surface area contributed by atoms with Gasteiger partial charge in [0, 0.05) is 30.4 Å². The lowest BCUT2D eigenvalue weighted by atomic mass is 10.0. The number of aromatic nitrogens is 1. The summed E-state index contributed by atoms with van der Waals surface area (Å²) in [6.45, 7) is 16.6. The number of quaternary nitrogens is 1. The van der Waals surface area contributed by atoms with Gasteiger partial charge in [-0.2, -0.15) is 0 Å². The number of hydrogen-bond acceptors (Lipinski definition) is 3. The molecule has 0 radical (unpaired) electrons. The van der Waals surface area contributed by atoms with Gasteiger partial charge in [-0.05, 0) is 54.3 Å². The maximum absolute atomic E-state index is 7.18. The van der Waals surface area contributed by atoms with Crippen LogP contribution in [0, 0.1) is 18.4 Å². The fraction of sp³-hybridized carbons (Fsp3) is 0.462. The van der Waals surface area contributed by atoms with Crippen LogP contribution < -0.4 is 10.1 Å². The van der Waals surface area contributed by atoms with Crippen LogP contribution in [0.4, 0.5) is 5.69 Å². The van der Waals surface area contributed by atoms with E-state index in [1.54, 1.807) is 12.4 Å². The van der Waals surface area contributed by atoms with Crippen molar-refractivity contribution in [2.45, 2.75) is 26.8 Å². The Bertz CT molecular complexity index is 937. The predicted molar refractivity (Wildman–Crippen MR) is 128 cm³/mol. The molecule has 0 bridgehead atoms. The molecule has 0 aliphatic carbocycles. The number of benzene rings is 1. The van der Waals surface area contributed by atoms with Crippen molar-refractivity contribution < 1.29 is 9.22 Å². The molecular formula is C26H35N4O+. The number of hydrogen-bond donors (Lipinski definition) is 1. The molecule has 1 aliphatic heterocycles. The van der Waals surface area contributed by atoms with Gasteiger partial charge in [0.05, 0.1) is 33.8 Å². The van der Waals surface area contributed by atoms with Crippen LogP contribution in [0.15, 0.2) is 36.7 Å². The van der Waals surface area contributed by atoms with Gasteiger partial charge in [-0.15, -0.1) is 0 Å².